The first kappa shape index (κ1) is 12.8. The summed E-state index contributed by atoms with van der Waals surface area (Å²) in [5, 5.41) is 1.83. The fraction of sp³-hybridized carbons (Fsp3) is 0. The molecule has 2 aromatic rings. The van der Waals surface area contributed by atoms with E-state index in [1.165, 1.54) is 0 Å². The SMILES string of the molecule is Nc1cc(Cl)c(Cl)cc1-c1ccc(Cl)c(Cl)c1. The normalized spacial score (nSPS) is 10.6. The Hall–Kier alpha value is -0.600. The average molecular weight is 307 g/mol. The van der Waals surface area contributed by atoms with E-state index in [0.29, 0.717) is 25.8 Å². The minimum Gasteiger partial charge on any atom is -0.398 e. The first-order chi connectivity index (χ1) is 7.99. The molecule has 0 amide bonds. The zero-order valence-electron chi connectivity index (χ0n) is 8.48. The lowest BCUT2D eigenvalue weighted by Crippen LogP contribution is -1.90. The van der Waals surface area contributed by atoms with Crippen LogP contribution in [0.25, 0.3) is 11.1 Å². The van der Waals surface area contributed by atoms with Gasteiger partial charge in [0, 0.05) is 11.3 Å². The first-order valence-corrected chi connectivity index (χ1v) is 6.20. The van der Waals surface area contributed by atoms with Crippen molar-refractivity contribution in [1.29, 1.82) is 0 Å². The molecule has 0 aliphatic heterocycles. The Morgan fingerprint density at radius 1 is 0.706 bits per heavy atom. The van der Waals surface area contributed by atoms with Gasteiger partial charge in [-0.3, -0.25) is 0 Å². The van der Waals surface area contributed by atoms with Gasteiger partial charge in [-0.05, 0) is 29.8 Å². The molecule has 2 aromatic carbocycles. The Bertz CT molecular complexity index is 581. The number of benzene rings is 2. The van der Waals surface area contributed by atoms with Gasteiger partial charge < -0.3 is 5.73 Å². The molecule has 0 aliphatic carbocycles. The highest BCUT2D eigenvalue weighted by atomic mass is 35.5. The highest BCUT2D eigenvalue weighted by Gasteiger charge is 2.08. The molecule has 2 rings (SSSR count). The summed E-state index contributed by atoms with van der Waals surface area (Å²) in [4.78, 5) is 0. The molecule has 0 aromatic heterocycles. The van der Waals surface area contributed by atoms with Crippen molar-refractivity contribution >= 4 is 52.1 Å². The van der Waals surface area contributed by atoms with Crippen LogP contribution < -0.4 is 5.73 Å². The van der Waals surface area contributed by atoms with E-state index in [9.17, 15) is 0 Å². The topological polar surface area (TPSA) is 26.0 Å². The summed E-state index contributed by atoms with van der Waals surface area (Å²) in [5.74, 6) is 0. The van der Waals surface area contributed by atoms with E-state index >= 15 is 0 Å². The Morgan fingerprint density at radius 3 is 1.94 bits per heavy atom. The van der Waals surface area contributed by atoms with Gasteiger partial charge in [0.25, 0.3) is 0 Å². The number of nitrogens with two attached hydrogens (primary N) is 1. The van der Waals surface area contributed by atoms with E-state index in [4.69, 9.17) is 52.1 Å². The Labute approximate surface area is 119 Å². The Balaban J connectivity index is 2.60. The average Bonchev–Trinajstić information content (AvgIpc) is 2.27. The molecule has 5 heteroatoms. The zero-order valence-corrected chi connectivity index (χ0v) is 11.5. The maximum atomic E-state index is 5.96. The summed E-state index contributed by atoms with van der Waals surface area (Å²) in [5.41, 5.74) is 8.05. The molecule has 0 saturated carbocycles. The predicted molar refractivity (Wildman–Crippen MR) is 76.3 cm³/mol. The lowest BCUT2D eigenvalue weighted by atomic mass is 10.0. The van der Waals surface area contributed by atoms with Crippen LogP contribution in [0.3, 0.4) is 0 Å². The molecule has 0 unspecified atom stereocenters. The molecular formula is C12H7Cl4N. The second-order valence-corrected chi connectivity index (χ2v) is 5.11. The predicted octanol–water partition coefficient (Wildman–Crippen LogP) is 5.55. The van der Waals surface area contributed by atoms with Crippen LogP contribution in [0.5, 0.6) is 0 Å². The standard InChI is InChI=1S/C12H7Cl4N/c13-8-2-1-6(3-9(8)14)7-4-10(15)11(16)5-12(7)17/h1-5H,17H2. The summed E-state index contributed by atoms with van der Waals surface area (Å²) >= 11 is 23.6. The largest absolute Gasteiger partial charge is 0.398 e. The van der Waals surface area contributed by atoms with Crippen LogP contribution in [0.2, 0.25) is 20.1 Å². The highest BCUT2D eigenvalue weighted by Crippen LogP contribution is 2.36. The number of hydrogen-bond acceptors (Lipinski definition) is 1. The van der Waals surface area contributed by atoms with E-state index in [1.807, 2.05) is 6.07 Å². The van der Waals surface area contributed by atoms with Crippen molar-refractivity contribution in [1.82, 2.24) is 0 Å². The van der Waals surface area contributed by atoms with Crippen molar-refractivity contribution in [2.24, 2.45) is 0 Å². The van der Waals surface area contributed by atoms with Gasteiger partial charge in [0.05, 0.1) is 20.1 Å². The van der Waals surface area contributed by atoms with Gasteiger partial charge in [-0.2, -0.15) is 0 Å². The highest BCUT2D eigenvalue weighted by molar-refractivity contribution is 6.43. The molecule has 2 N–H and O–H groups in total. The second-order valence-electron chi connectivity index (χ2n) is 3.48. The number of rotatable bonds is 1. The molecule has 0 aliphatic rings. The van der Waals surface area contributed by atoms with Gasteiger partial charge in [-0.25, -0.2) is 0 Å². The lowest BCUT2D eigenvalue weighted by Gasteiger charge is -2.09. The fourth-order valence-electron chi connectivity index (χ4n) is 1.48. The summed E-state index contributed by atoms with van der Waals surface area (Å²) in [6, 6.07) is 8.59. The van der Waals surface area contributed by atoms with Crippen molar-refractivity contribution < 1.29 is 0 Å². The van der Waals surface area contributed by atoms with Crippen LogP contribution in [-0.2, 0) is 0 Å². The molecule has 88 valence electrons. The summed E-state index contributed by atoms with van der Waals surface area (Å²) in [6.45, 7) is 0. The van der Waals surface area contributed by atoms with Gasteiger partial charge in [0.1, 0.15) is 0 Å². The van der Waals surface area contributed by atoms with Crippen molar-refractivity contribution in [2.75, 3.05) is 5.73 Å². The molecule has 0 fully saturated rings. The van der Waals surface area contributed by atoms with Crippen LogP contribution in [0.15, 0.2) is 30.3 Å². The second kappa shape index (κ2) is 4.95. The smallest absolute Gasteiger partial charge is 0.0613 e. The van der Waals surface area contributed by atoms with Crippen LogP contribution >= 0.6 is 46.4 Å². The molecule has 17 heavy (non-hydrogen) atoms. The van der Waals surface area contributed by atoms with E-state index in [0.717, 1.165) is 11.1 Å². The number of hydrogen-bond donors (Lipinski definition) is 1. The van der Waals surface area contributed by atoms with E-state index in [2.05, 4.69) is 0 Å². The van der Waals surface area contributed by atoms with Gasteiger partial charge in [-0.1, -0.05) is 52.5 Å². The minimum absolute atomic E-state index is 0.424. The van der Waals surface area contributed by atoms with E-state index in [-0.39, 0.29) is 0 Å². The maximum absolute atomic E-state index is 5.96. The zero-order chi connectivity index (χ0) is 12.6. The summed E-state index contributed by atoms with van der Waals surface area (Å²) in [6.07, 6.45) is 0. The third kappa shape index (κ3) is 2.63. The molecule has 0 atom stereocenters. The Morgan fingerprint density at radius 2 is 1.29 bits per heavy atom. The van der Waals surface area contributed by atoms with E-state index in [1.54, 1.807) is 24.3 Å². The van der Waals surface area contributed by atoms with Crippen molar-refractivity contribution in [3.8, 4) is 11.1 Å². The quantitative estimate of drug-likeness (QED) is 0.687. The van der Waals surface area contributed by atoms with Crippen molar-refractivity contribution in [2.45, 2.75) is 0 Å². The Kier molecular flexibility index (Phi) is 3.74. The van der Waals surface area contributed by atoms with Gasteiger partial charge in [0.2, 0.25) is 0 Å². The van der Waals surface area contributed by atoms with Gasteiger partial charge in [0.15, 0.2) is 0 Å². The lowest BCUT2D eigenvalue weighted by molar-refractivity contribution is 1.61. The number of halogens is 4. The third-order valence-electron chi connectivity index (χ3n) is 2.32. The molecular weight excluding hydrogens is 300 g/mol. The number of nitrogen functional groups attached to an aromatic ring is 1. The van der Waals surface area contributed by atoms with Crippen LogP contribution in [0, 0.1) is 0 Å². The molecule has 1 nitrogen and oxygen atoms in total. The molecule has 0 spiro atoms. The van der Waals surface area contributed by atoms with Gasteiger partial charge >= 0.3 is 0 Å². The maximum Gasteiger partial charge on any atom is 0.0613 e. The monoisotopic (exact) mass is 305 g/mol. The molecule has 0 saturated heterocycles. The van der Waals surface area contributed by atoms with Crippen LogP contribution in [0.1, 0.15) is 0 Å². The van der Waals surface area contributed by atoms with Crippen molar-refractivity contribution in [3.63, 3.8) is 0 Å². The van der Waals surface area contributed by atoms with Crippen LogP contribution in [0.4, 0.5) is 5.69 Å². The minimum atomic E-state index is 0.424. The summed E-state index contributed by atoms with van der Waals surface area (Å²) in [7, 11) is 0. The van der Waals surface area contributed by atoms with Gasteiger partial charge in [-0.15, -0.1) is 0 Å². The molecule has 0 heterocycles. The summed E-state index contributed by atoms with van der Waals surface area (Å²) < 4.78 is 0. The first-order valence-electron chi connectivity index (χ1n) is 4.69. The third-order valence-corrected chi connectivity index (χ3v) is 3.78. The van der Waals surface area contributed by atoms with E-state index < -0.39 is 0 Å². The molecule has 0 bridgehead atoms. The number of anilines is 1. The fourth-order valence-corrected chi connectivity index (χ4v) is 2.11. The van der Waals surface area contributed by atoms with Crippen molar-refractivity contribution in [3.05, 3.63) is 50.4 Å². The molecule has 0 radical (unpaired) electrons. The van der Waals surface area contributed by atoms with Crippen LogP contribution in [-0.4, -0.2) is 0 Å².